The lowest BCUT2D eigenvalue weighted by Crippen LogP contribution is -2.49. The van der Waals surface area contributed by atoms with Gasteiger partial charge in [-0.15, -0.1) is 0 Å². The summed E-state index contributed by atoms with van der Waals surface area (Å²) >= 11 is 0. The maximum Gasteiger partial charge on any atom is 0.326 e. The third-order valence-electron chi connectivity index (χ3n) is 5.01. The number of hydrogen-bond donors (Lipinski definition) is 8. The Labute approximate surface area is 196 Å². The molecule has 0 aliphatic carbocycles. The molecular formula is C22H33N5O7. The third-order valence-corrected chi connectivity index (χ3v) is 5.01. The normalized spacial score (nSPS) is 13.3. The van der Waals surface area contributed by atoms with Crippen molar-refractivity contribution in [3.05, 3.63) is 36.0 Å². The van der Waals surface area contributed by atoms with Gasteiger partial charge in [0.25, 0.3) is 0 Å². The summed E-state index contributed by atoms with van der Waals surface area (Å²) in [6.45, 7) is 0.604. The first-order valence-electron chi connectivity index (χ1n) is 10.8. The SMILES string of the molecule is NCCCC[C@H](N)C(=O)O.N[C@@H](CCC(=O)O)C(=O)N[C@@H](Cc1c[nH]c2ccccc12)C(=O)O. The Bertz CT molecular complexity index is 962. The Morgan fingerprint density at radius 3 is 2.21 bits per heavy atom. The highest BCUT2D eigenvalue weighted by atomic mass is 16.4. The summed E-state index contributed by atoms with van der Waals surface area (Å²) in [4.78, 5) is 47.1. The summed E-state index contributed by atoms with van der Waals surface area (Å²) in [5.74, 6) is -3.86. The number of benzene rings is 1. The predicted octanol–water partition coefficient (Wildman–Crippen LogP) is -0.000800. The van der Waals surface area contributed by atoms with E-state index in [1.165, 1.54) is 0 Å². The van der Waals surface area contributed by atoms with Gasteiger partial charge in [0.1, 0.15) is 12.1 Å². The molecule has 0 aliphatic heterocycles. The molecule has 0 spiro atoms. The van der Waals surface area contributed by atoms with Crippen molar-refractivity contribution in [3.63, 3.8) is 0 Å². The number of carbonyl (C=O) groups is 4. The van der Waals surface area contributed by atoms with Crippen LogP contribution in [-0.4, -0.2) is 68.8 Å². The molecule has 0 saturated heterocycles. The van der Waals surface area contributed by atoms with E-state index in [4.69, 9.17) is 27.4 Å². The largest absolute Gasteiger partial charge is 0.481 e. The first kappa shape index (κ1) is 28.6. The average Bonchev–Trinajstić information content (AvgIpc) is 3.20. The van der Waals surface area contributed by atoms with Crippen LogP contribution in [0.3, 0.4) is 0 Å². The molecule has 0 radical (unpaired) electrons. The summed E-state index contributed by atoms with van der Waals surface area (Å²) in [5.41, 5.74) is 17.7. The lowest BCUT2D eigenvalue weighted by molar-refractivity contribution is -0.142. The second-order valence-electron chi connectivity index (χ2n) is 7.73. The van der Waals surface area contributed by atoms with Crippen LogP contribution in [0.1, 0.15) is 37.7 Å². The van der Waals surface area contributed by atoms with Crippen molar-refractivity contribution in [2.75, 3.05) is 6.54 Å². The zero-order valence-electron chi connectivity index (χ0n) is 18.8. The number of carboxylic acid groups (broad SMARTS) is 3. The fraction of sp³-hybridized carbons (Fsp3) is 0.455. The lowest BCUT2D eigenvalue weighted by Gasteiger charge is -2.17. The summed E-state index contributed by atoms with van der Waals surface area (Å²) < 4.78 is 0. The highest BCUT2D eigenvalue weighted by Gasteiger charge is 2.24. The van der Waals surface area contributed by atoms with Crippen LogP contribution in [0.2, 0.25) is 0 Å². The summed E-state index contributed by atoms with van der Waals surface area (Å²) in [7, 11) is 0. The Kier molecular flexibility index (Phi) is 12.3. The highest BCUT2D eigenvalue weighted by molar-refractivity contribution is 5.88. The number of amides is 1. The molecule has 0 saturated carbocycles. The Morgan fingerprint density at radius 1 is 0.941 bits per heavy atom. The van der Waals surface area contributed by atoms with E-state index in [1.807, 2.05) is 24.3 Å². The molecule has 3 atom stereocenters. The van der Waals surface area contributed by atoms with Gasteiger partial charge < -0.3 is 42.8 Å². The smallest absolute Gasteiger partial charge is 0.326 e. The van der Waals surface area contributed by atoms with Crippen LogP contribution in [0.25, 0.3) is 10.9 Å². The van der Waals surface area contributed by atoms with Crippen LogP contribution < -0.4 is 22.5 Å². The Balaban J connectivity index is 0.000000489. The van der Waals surface area contributed by atoms with E-state index in [0.29, 0.717) is 13.0 Å². The molecule has 1 aromatic carbocycles. The quantitative estimate of drug-likeness (QED) is 0.179. The van der Waals surface area contributed by atoms with Gasteiger partial charge in [-0.2, -0.15) is 0 Å². The topological polar surface area (TPSA) is 235 Å². The van der Waals surface area contributed by atoms with Crippen LogP contribution in [-0.2, 0) is 25.6 Å². The van der Waals surface area contributed by atoms with Crippen molar-refractivity contribution in [2.24, 2.45) is 17.2 Å². The number of para-hydroxylation sites is 1. The molecule has 0 bridgehead atoms. The number of nitrogens with two attached hydrogens (primary N) is 3. The van der Waals surface area contributed by atoms with E-state index in [0.717, 1.165) is 29.3 Å². The van der Waals surface area contributed by atoms with Crippen LogP contribution in [0.4, 0.5) is 0 Å². The van der Waals surface area contributed by atoms with E-state index < -0.39 is 41.9 Å². The van der Waals surface area contributed by atoms with E-state index in [9.17, 15) is 24.3 Å². The number of H-pyrrole nitrogens is 1. The highest BCUT2D eigenvalue weighted by Crippen LogP contribution is 2.19. The maximum atomic E-state index is 12.0. The minimum absolute atomic E-state index is 0.0550. The van der Waals surface area contributed by atoms with Gasteiger partial charge in [0.05, 0.1) is 6.04 Å². The van der Waals surface area contributed by atoms with E-state index in [1.54, 1.807) is 6.20 Å². The number of aromatic nitrogens is 1. The molecule has 12 heteroatoms. The Morgan fingerprint density at radius 2 is 1.62 bits per heavy atom. The van der Waals surface area contributed by atoms with Crippen LogP contribution in [0.15, 0.2) is 30.5 Å². The molecular weight excluding hydrogens is 446 g/mol. The van der Waals surface area contributed by atoms with Gasteiger partial charge >= 0.3 is 17.9 Å². The molecule has 34 heavy (non-hydrogen) atoms. The monoisotopic (exact) mass is 479 g/mol. The standard InChI is InChI=1S/C16H19N3O5.C6H14N2O2/c17-11(5-6-14(20)21)15(22)19-13(16(23)24)7-9-8-18-12-4-2-1-3-10(9)12;7-4-2-1-3-5(8)6(9)10/h1-4,8,11,13,18H,5-7,17H2,(H,19,22)(H,20,21)(H,23,24);5H,1-4,7-8H2,(H,9,10)/t11-,13-;5-/m00/s1. The minimum atomic E-state index is -1.18. The average molecular weight is 480 g/mol. The number of carbonyl (C=O) groups excluding carboxylic acids is 1. The van der Waals surface area contributed by atoms with Gasteiger partial charge in [-0.05, 0) is 37.4 Å². The fourth-order valence-electron chi connectivity index (χ4n) is 3.04. The third kappa shape index (κ3) is 9.98. The van der Waals surface area contributed by atoms with E-state index in [2.05, 4.69) is 10.3 Å². The van der Waals surface area contributed by atoms with Crippen molar-refractivity contribution in [1.82, 2.24) is 10.3 Å². The Hall–Kier alpha value is -3.48. The molecule has 2 aromatic rings. The molecule has 11 N–H and O–H groups in total. The molecule has 0 aliphatic rings. The van der Waals surface area contributed by atoms with Crippen molar-refractivity contribution in [3.8, 4) is 0 Å². The minimum Gasteiger partial charge on any atom is -0.481 e. The van der Waals surface area contributed by atoms with Crippen molar-refractivity contribution >= 4 is 34.7 Å². The predicted molar refractivity (Wildman–Crippen MR) is 125 cm³/mol. The molecule has 1 heterocycles. The number of hydrogen-bond acceptors (Lipinski definition) is 7. The molecule has 188 valence electrons. The lowest BCUT2D eigenvalue weighted by atomic mass is 10.0. The van der Waals surface area contributed by atoms with E-state index >= 15 is 0 Å². The molecule has 0 unspecified atom stereocenters. The number of nitrogens with one attached hydrogen (secondary N) is 2. The molecule has 1 aromatic heterocycles. The van der Waals surface area contributed by atoms with E-state index in [-0.39, 0.29) is 19.3 Å². The first-order valence-corrected chi connectivity index (χ1v) is 10.8. The number of aromatic amines is 1. The van der Waals surface area contributed by atoms with Gasteiger partial charge in [-0.1, -0.05) is 24.6 Å². The van der Waals surface area contributed by atoms with Gasteiger partial charge in [0.15, 0.2) is 0 Å². The summed E-state index contributed by atoms with van der Waals surface area (Å²) in [6.07, 6.45) is 3.65. The number of carboxylic acids is 3. The number of fused-ring (bicyclic) bond motifs is 1. The van der Waals surface area contributed by atoms with Crippen molar-refractivity contribution < 1.29 is 34.5 Å². The zero-order valence-corrected chi connectivity index (χ0v) is 18.8. The first-order chi connectivity index (χ1) is 16.1. The number of unbranched alkanes of at least 4 members (excludes halogenated alkanes) is 1. The zero-order chi connectivity index (χ0) is 25.7. The maximum absolute atomic E-state index is 12.0. The van der Waals surface area contributed by atoms with Gasteiger partial charge in [-0.3, -0.25) is 14.4 Å². The second kappa shape index (κ2) is 14.6. The van der Waals surface area contributed by atoms with Crippen molar-refractivity contribution in [2.45, 2.75) is 56.7 Å². The number of rotatable bonds is 13. The van der Waals surface area contributed by atoms with Gasteiger partial charge in [0.2, 0.25) is 5.91 Å². The number of aliphatic carboxylic acids is 3. The van der Waals surface area contributed by atoms with Crippen LogP contribution >= 0.6 is 0 Å². The van der Waals surface area contributed by atoms with Crippen LogP contribution in [0.5, 0.6) is 0 Å². The molecule has 0 fully saturated rings. The molecule has 2 rings (SSSR count). The van der Waals surface area contributed by atoms with Gasteiger partial charge in [-0.25, -0.2) is 4.79 Å². The van der Waals surface area contributed by atoms with Crippen LogP contribution in [0, 0.1) is 0 Å². The summed E-state index contributed by atoms with van der Waals surface area (Å²) in [5, 5.41) is 29.5. The molecule has 12 nitrogen and oxygen atoms in total. The fourth-order valence-corrected chi connectivity index (χ4v) is 3.04. The molecule has 1 amide bonds. The van der Waals surface area contributed by atoms with Gasteiger partial charge in [0, 0.05) is 29.9 Å². The van der Waals surface area contributed by atoms with Crippen molar-refractivity contribution in [1.29, 1.82) is 0 Å². The summed E-state index contributed by atoms with van der Waals surface area (Å²) in [6, 6.07) is 4.51. The second-order valence-corrected chi connectivity index (χ2v) is 7.73.